The molecule has 0 saturated heterocycles. The Kier molecular flexibility index (Phi) is 5.97. The maximum Gasteiger partial charge on any atom is 0.248 e. The molecule has 1 amide bonds. The zero-order valence-electron chi connectivity index (χ0n) is 24.3. The van der Waals surface area contributed by atoms with Gasteiger partial charge in [-0.25, -0.2) is 8.78 Å². The average molecular weight is 576 g/mol. The first kappa shape index (κ1) is 26.5. The normalized spacial score (nSPS) is 30.1. The van der Waals surface area contributed by atoms with Crippen molar-refractivity contribution in [3.05, 3.63) is 47.7 Å². The Hall–Kier alpha value is -3.10. The summed E-state index contributed by atoms with van der Waals surface area (Å²) in [4.78, 5) is 20.8. The van der Waals surface area contributed by atoms with Gasteiger partial charge in [0.15, 0.2) is 5.82 Å². The van der Waals surface area contributed by atoms with Gasteiger partial charge in [-0.2, -0.15) is 10.1 Å². The third-order valence-corrected chi connectivity index (χ3v) is 11.1. The molecule has 6 fully saturated rings. The number of alkyl halides is 2. The molecule has 0 aliphatic heterocycles. The molecule has 6 aliphatic rings. The van der Waals surface area contributed by atoms with E-state index in [4.69, 9.17) is 14.6 Å². The van der Waals surface area contributed by atoms with E-state index in [2.05, 4.69) is 11.2 Å². The van der Waals surface area contributed by atoms with Crippen LogP contribution in [0.4, 0.5) is 14.5 Å². The highest BCUT2D eigenvalue weighted by Gasteiger charge is 2.54. The third-order valence-electron chi connectivity index (χ3n) is 11.1. The largest absolute Gasteiger partial charge is 0.339 e. The smallest absolute Gasteiger partial charge is 0.248 e. The molecule has 9 heteroatoms. The van der Waals surface area contributed by atoms with Crippen molar-refractivity contribution >= 4 is 11.6 Å². The number of halogens is 2. The van der Waals surface area contributed by atoms with Crippen molar-refractivity contribution in [3.8, 4) is 11.3 Å². The van der Waals surface area contributed by atoms with Crippen molar-refractivity contribution < 1.29 is 18.1 Å². The molecule has 42 heavy (non-hydrogen) atoms. The Balaban J connectivity index is 1.07. The molecule has 7 nitrogen and oxygen atoms in total. The van der Waals surface area contributed by atoms with Crippen molar-refractivity contribution in [1.29, 1.82) is 0 Å². The van der Waals surface area contributed by atoms with Gasteiger partial charge in [0.25, 0.3) is 0 Å². The van der Waals surface area contributed by atoms with E-state index in [1.807, 2.05) is 40.9 Å². The maximum absolute atomic E-state index is 14.3. The summed E-state index contributed by atoms with van der Waals surface area (Å²) in [5.41, 5.74) is 3.77. The molecule has 0 N–H and O–H groups in total. The molecule has 1 atom stereocenters. The van der Waals surface area contributed by atoms with Crippen LogP contribution in [0.5, 0.6) is 0 Å². The van der Waals surface area contributed by atoms with Crippen molar-refractivity contribution in [2.45, 2.75) is 107 Å². The van der Waals surface area contributed by atoms with Gasteiger partial charge in [0.05, 0.1) is 5.69 Å². The van der Waals surface area contributed by atoms with Crippen molar-refractivity contribution in [1.82, 2.24) is 19.9 Å². The molecule has 1 unspecified atom stereocenters. The van der Waals surface area contributed by atoms with Crippen LogP contribution in [0.3, 0.4) is 0 Å². The number of benzene rings is 1. The highest BCUT2D eigenvalue weighted by molar-refractivity contribution is 5.96. The molecule has 222 valence electrons. The van der Waals surface area contributed by atoms with Gasteiger partial charge in [-0.15, -0.1) is 0 Å². The lowest BCUT2D eigenvalue weighted by Crippen LogP contribution is -2.51. The molecule has 0 radical (unpaired) electrons. The number of fused-ring (bicyclic) bond motifs is 3. The highest BCUT2D eigenvalue weighted by atomic mass is 19.3. The number of aromatic nitrogens is 4. The number of hydrogen-bond acceptors (Lipinski definition) is 5. The van der Waals surface area contributed by atoms with E-state index in [-0.39, 0.29) is 36.0 Å². The summed E-state index contributed by atoms with van der Waals surface area (Å²) in [6.45, 7) is 0.556. The minimum absolute atomic E-state index is 0.0436. The Labute approximate surface area is 245 Å². The summed E-state index contributed by atoms with van der Waals surface area (Å²) >= 11 is 0. The van der Waals surface area contributed by atoms with Gasteiger partial charge >= 0.3 is 0 Å². The van der Waals surface area contributed by atoms with E-state index >= 15 is 0 Å². The Morgan fingerprint density at radius 1 is 1.00 bits per heavy atom. The molecule has 2 aromatic heterocycles. The number of anilines is 1. The van der Waals surface area contributed by atoms with Gasteiger partial charge in [0.1, 0.15) is 0 Å². The van der Waals surface area contributed by atoms with E-state index < -0.39 is 11.8 Å². The number of hydrogen-bond donors (Lipinski definition) is 0. The predicted molar refractivity (Wildman–Crippen MR) is 153 cm³/mol. The topological polar surface area (TPSA) is 77.1 Å². The minimum atomic E-state index is -2.77. The van der Waals surface area contributed by atoms with Crippen molar-refractivity contribution in [2.24, 2.45) is 18.4 Å². The fourth-order valence-electron chi connectivity index (χ4n) is 8.01. The van der Waals surface area contributed by atoms with Crippen LogP contribution in [0.15, 0.2) is 34.9 Å². The Bertz CT molecular complexity index is 1500. The zero-order valence-corrected chi connectivity index (χ0v) is 24.3. The van der Waals surface area contributed by atoms with Crippen LogP contribution in [0.25, 0.3) is 11.3 Å². The number of nitrogens with zero attached hydrogens (tertiary/aromatic N) is 5. The van der Waals surface area contributed by atoms with Crippen LogP contribution in [-0.4, -0.2) is 38.3 Å². The Morgan fingerprint density at radius 3 is 2.40 bits per heavy atom. The monoisotopic (exact) mass is 575 g/mol. The molecule has 9 rings (SSSR count). The molecular formula is C33H39F2N5O2. The molecule has 3 aromatic rings. The minimum Gasteiger partial charge on any atom is -0.339 e. The number of amides is 1. The number of aryl methyl sites for hydroxylation is 1. The fourth-order valence-corrected chi connectivity index (χ4v) is 8.01. The third kappa shape index (κ3) is 4.67. The van der Waals surface area contributed by atoms with Gasteiger partial charge in [-0.3, -0.25) is 9.48 Å². The summed E-state index contributed by atoms with van der Waals surface area (Å²) < 4.78 is 36.3. The molecule has 1 aromatic carbocycles. The number of carbonyl (C=O) groups excluding carboxylic acids is 1. The maximum atomic E-state index is 14.3. The van der Waals surface area contributed by atoms with E-state index in [0.29, 0.717) is 18.4 Å². The van der Waals surface area contributed by atoms with Crippen molar-refractivity contribution in [2.75, 3.05) is 11.4 Å². The average Bonchev–Trinajstić information content (AvgIpc) is 3.91. The van der Waals surface area contributed by atoms with Gasteiger partial charge in [-0.1, -0.05) is 17.3 Å². The first-order valence-electron chi connectivity index (χ1n) is 15.9. The molecular weight excluding hydrogens is 536 g/mol. The lowest BCUT2D eigenvalue weighted by Gasteiger charge is -2.53. The summed E-state index contributed by atoms with van der Waals surface area (Å²) in [5, 5.41) is 9.08. The van der Waals surface area contributed by atoms with Gasteiger partial charge < -0.3 is 9.42 Å². The quantitative estimate of drug-likeness (QED) is 0.282. The van der Waals surface area contributed by atoms with E-state index in [0.717, 1.165) is 80.0 Å². The van der Waals surface area contributed by atoms with Crippen LogP contribution < -0.4 is 4.90 Å². The predicted octanol–water partition coefficient (Wildman–Crippen LogP) is 7.29. The number of carbonyl (C=O) groups is 1. The Morgan fingerprint density at radius 2 is 1.74 bits per heavy atom. The van der Waals surface area contributed by atoms with Gasteiger partial charge in [0.2, 0.25) is 17.7 Å². The zero-order chi connectivity index (χ0) is 28.7. The summed E-state index contributed by atoms with van der Waals surface area (Å²) in [5.74, 6) is -0.865. The second-order valence-electron chi connectivity index (χ2n) is 14.1. The van der Waals surface area contributed by atoms with Crippen LogP contribution in [-0.2, 0) is 17.3 Å². The van der Waals surface area contributed by atoms with Crippen molar-refractivity contribution in [3.63, 3.8) is 0 Å². The first-order chi connectivity index (χ1) is 20.2. The van der Waals surface area contributed by atoms with Crippen LogP contribution in [0.2, 0.25) is 0 Å². The summed E-state index contributed by atoms with van der Waals surface area (Å²) in [7, 11) is 1.99. The number of rotatable bonds is 8. The standard InChI is InChI=1S/C33H39F2N5O2/c1-39-27(21-5-6-21)18-26(37-39)23-3-2-4-25(17-23)40(29(41)24-9-10-33(34,35)19-24)20-31-11-14-32(15-12-31,16-13-31)30-36-28(38-42-30)22-7-8-22/h2-4,17-18,21-22,24H,5-16,19-20H2,1H3. The lowest BCUT2D eigenvalue weighted by molar-refractivity contribution is -0.124. The van der Waals surface area contributed by atoms with E-state index in [1.54, 1.807) is 0 Å². The summed E-state index contributed by atoms with van der Waals surface area (Å²) in [6, 6.07) is 10.2. The molecule has 6 aliphatic carbocycles. The molecule has 0 spiro atoms. The molecule has 2 bridgehead atoms. The molecule has 6 saturated carbocycles. The van der Waals surface area contributed by atoms with E-state index in [1.165, 1.54) is 18.5 Å². The van der Waals surface area contributed by atoms with Crippen LogP contribution in [0, 0.1) is 11.3 Å². The van der Waals surface area contributed by atoms with Crippen LogP contribution >= 0.6 is 0 Å². The van der Waals surface area contributed by atoms with E-state index in [9.17, 15) is 13.6 Å². The fraction of sp³-hybridized carbons (Fsp3) is 0.636. The second-order valence-corrected chi connectivity index (χ2v) is 14.1. The highest BCUT2D eigenvalue weighted by Crippen LogP contribution is 2.58. The molecule has 2 heterocycles. The SMILES string of the molecule is Cn1nc(-c2cccc(N(CC34CCC(c5nc(C6CC6)no5)(CC3)CC4)C(=O)C3CCC(F)(F)C3)c2)cc1C1CC1. The van der Waals surface area contributed by atoms with Gasteiger partial charge in [-0.05, 0) is 94.2 Å². The first-order valence-corrected chi connectivity index (χ1v) is 15.9. The van der Waals surface area contributed by atoms with Crippen LogP contribution in [0.1, 0.15) is 113 Å². The summed E-state index contributed by atoms with van der Waals surface area (Å²) in [6.07, 6.45) is 10.1. The second kappa shape index (κ2) is 9.45. The van der Waals surface area contributed by atoms with Gasteiger partial charge in [0, 0.05) is 66.5 Å². The lowest BCUT2D eigenvalue weighted by atomic mass is 9.53.